The van der Waals surface area contributed by atoms with Crippen molar-refractivity contribution in [3.05, 3.63) is 0 Å². The molecule has 0 saturated heterocycles. The summed E-state index contributed by atoms with van der Waals surface area (Å²) in [6, 6.07) is 1.33. The number of rotatable bonds is 8. The number of nitrogens with one attached hydrogen (secondary N) is 1. The molecule has 2 saturated carbocycles. The summed E-state index contributed by atoms with van der Waals surface area (Å²) in [5.74, 6) is 0.855. The molecule has 2 aliphatic rings. The Morgan fingerprint density at radius 1 is 1.30 bits per heavy atom. The molecule has 3 heteroatoms. The summed E-state index contributed by atoms with van der Waals surface area (Å²) in [4.78, 5) is 2.57. The molecule has 2 aliphatic carbocycles. The van der Waals surface area contributed by atoms with Gasteiger partial charge in [0.2, 0.25) is 0 Å². The summed E-state index contributed by atoms with van der Waals surface area (Å²) in [5.41, 5.74) is 0.430. The fourth-order valence-corrected chi connectivity index (χ4v) is 3.94. The van der Waals surface area contributed by atoms with E-state index in [-0.39, 0.29) is 0 Å². The van der Waals surface area contributed by atoms with Gasteiger partial charge < -0.3 is 10.4 Å². The van der Waals surface area contributed by atoms with Gasteiger partial charge in [0.25, 0.3) is 0 Å². The van der Waals surface area contributed by atoms with Gasteiger partial charge in [0.1, 0.15) is 0 Å². The van der Waals surface area contributed by atoms with Crippen molar-refractivity contribution in [2.75, 3.05) is 26.2 Å². The van der Waals surface area contributed by atoms with Gasteiger partial charge in [0.05, 0.1) is 6.61 Å². The zero-order chi connectivity index (χ0) is 14.6. The van der Waals surface area contributed by atoms with Gasteiger partial charge in [-0.25, -0.2) is 0 Å². The van der Waals surface area contributed by atoms with Crippen molar-refractivity contribution in [2.45, 2.75) is 71.4 Å². The van der Waals surface area contributed by atoms with Gasteiger partial charge in [-0.15, -0.1) is 0 Å². The summed E-state index contributed by atoms with van der Waals surface area (Å²) >= 11 is 0. The molecule has 0 aromatic rings. The van der Waals surface area contributed by atoms with Crippen molar-refractivity contribution in [3.8, 4) is 0 Å². The van der Waals surface area contributed by atoms with Gasteiger partial charge in [0, 0.05) is 31.7 Å². The van der Waals surface area contributed by atoms with E-state index in [2.05, 4.69) is 31.0 Å². The van der Waals surface area contributed by atoms with Crippen LogP contribution in [0.4, 0.5) is 0 Å². The molecule has 2 N–H and O–H groups in total. The van der Waals surface area contributed by atoms with Gasteiger partial charge in [0.15, 0.2) is 0 Å². The highest BCUT2D eigenvalue weighted by Gasteiger charge is 2.39. The molecule has 2 rings (SSSR count). The molecule has 0 aromatic heterocycles. The lowest BCUT2D eigenvalue weighted by molar-refractivity contribution is 0.0646. The van der Waals surface area contributed by atoms with E-state index in [9.17, 15) is 5.11 Å². The van der Waals surface area contributed by atoms with Crippen LogP contribution < -0.4 is 5.32 Å². The lowest BCUT2D eigenvalue weighted by Crippen LogP contribution is -2.49. The highest BCUT2D eigenvalue weighted by Crippen LogP contribution is 2.41. The van der Waals surface area contributed by atoms with Crippen LogP contribution in [0.2, 0.25) is 0 Å². The summed E-state index contributed by atoms with van der Waals surface area (Å²) in [5, 5.41) is 13.0. The zero-order valence-corrected chi connectivity index (χ0v) is 13.7. The number of nitrogens with zero attached hydrogens (tertiary/aromatic N) is 1. The van der Waals surface area contributed by atoms with Gasteiger partial charge in [-0.3, -0.25) is 4.90 Å². The Morgan fingerprint density at radius 2 is 2.05 bits per heavy atom. The average Bonchev–Trinajstić information content (AvgIpc) is 3.20. The van der Waals surface area contributed by atoms with Gasteiger partial charge in [-0.1, -0.05) is 33.6 Å². The fourth-order valence-electron chi connectivity index (χ4n) is 3.94. The summed E-state index contributed by atoms with van der Waals surface area (Å²) < 4.78 is 0. The maximum Gasteiger partial charge on any atom is 0.0558 e. The highest BCUT2D eigenvalue weighted by molar-refractivity contribution is 4.94. The molecule has 0 amide bonds. The first-order valence-corrected chi connectivity index (χ1v) is 8.63. The van der Waals surface area contributed by atoms with Gasteiger partial charge in [-0.05, 0) is 37.0 Å². The lowest BCUT2D eigenvalue weighted by atomic mass is 9.69. The minimum atomic E-state index is 0.305. The molecular formula is C17H34N2O. The highest BCUT2D eigenvalue weighted by atomic mass is 16.3. The van der Waals surface area contributed by atoms with Crippen LogP contribution in [-0.2, 0) is 0 Å². The topological polar surface area (TPSA) is 35.5 Å². The molecule has 118 valence electrons. The first-order valence-electron chi connectivity index (χ1n) is 8.63. The molecule has 2 unspecified atom stereocenters. The van der Waals surface area contributed by atoms with Crippen molar-refractivity contribution in [1.82, 2.24) is 10.2 Å². The summed E-state index contributed by atoms with van der Waals surface area (Å²) in [6.07, 6.45) is 8.14. The van der Waals surface area contributed by atoms with E-state index >= 15 is 0 Å². The van der Waals surface area contributed by atoms with E-state index in [1.165, 1.54) is 45.1 Å². The standard InChI is InChI=1S/C17H34N2O/c1-14(2)18-12-17(8-4-5-15(3)11-17)13-19(9-10-20)16-6-7-16/h14-16,18,20H,4-13H2,1-3H3. The first kappa shape index (κ1) is 16.3. The summed E-state index contributed by atoms with van der Waals surface area (Å²) in [6.45, 7) is 10.4. The van der Waals surface area contributed by atoms with E-state index in [1.54, 1.807) is 0 Å². The van der Waals surface area contributed by atoms with Crippen LogP contribution in [-0.4, -0.2) is 48.3 Å². The van der Waals surface area contributed by atoms with Gasteiger partial charge >= 0.3 is 0 Å². The maximum atomic E-state index is 9.34. The third-order valence-electron chi connectivity index (χ3n) is 5.06. The number of hydrogen-bond donors (Lipinski definition) is 2. The maximum absolute atomic E-state index is 9.34. The van der Waals surface area contributed by atoms with E-state index in [1.807, 2.05) is 0 Å². The molecule has 0 radical (unpaired) electrons. The third kappa shape index (κ3) is 4.71. The van der Waals surface area contributed by atoms with Crippen LogP contribution in [0.1, 0.15) is 59.3 Å². The van der Waals surface area contributed by atoms with Crippen molar-refractivity contribution in [1.29, 1.82) is 0 Å². The Labute approximate surface area is 125 Å². The molecule has 2 atom stereocenters. The largest absolute Gasteiger partial charge is 0.395 e. The molecule has 20 heavy (non-hydrogen) atoms. The van der Waals surface area contributed by atoms with Crippen molar-refractivity contribution in [2.24, 2.45) is 11.3 Å². The minimum absolute atomic E-state index is 0.305. The van der Waals surface area contributed by atoms with E-state index in [4.69, 9.17) is 0 Å². The molecule has 0 spiro atoms. The normalized spacial score (nSPS) is 31.2. The summed E-state index contributed by atoms with van der Waals surface area (Å²) in [7, 11) is 0. The molecule has 0 heterocycles. The Kier molecular flexibility index (Phi) is 5.88. The molecule has 2 fully saturated rings. The Morgan fingerprint density at radius 3 is 2.60 bits per heavy atom. The van der Waals surface area contributed by atoms with Crippen molar-refractivity contribution < 1.29 is 5.11 Å². The van der Waals surface area contributed by atoms with E-state index in [0.29, 0.717) is 18.1 Å². The fraction of sp³-hybridized carbons (Fsp3) is 1.00. The molecule has 0 aromatic carbocycles. The predicted octanol–water partition coefficient (Wildman–Crippen LogP) is 2.64. The number of hydrogen-bond acceptors (Lipinski definition) is 3. The second kappa shape index (κ2) is 7.24. The Bertz CT molecular complexity index is 291. The molecule has 3 nitrogen and oxygen atoms in total. The average molecular weight is 282 g/mol. The minimum Gasteiger partial charge on any atom is -0.395 e. The molecular weight excluding hydrogens is 248 g/mol. The smallest absolute Gasteiger partial charge is 0.0558 e. The molecule has 0 bridgehead atoms. The van der Waals surface area contributed by atoms with Gasteiger partial charge in [-0.2, -0.15) is 0 Å². The second-order valence-electron chi connectivity index (χ2n) is 7.66. The predicted molar refractivity (Wildman–Crippen MR) is 84.9 cm³/mol. The van der Waals surface area contributed by atoms with Crippen molar-refractivity contribution >= 4 is 0 Å². The van der Waals surface area contributed by atoms with Crippen LogP contribution in [0, 0.1) is 11.3 Å². The van der Waals surface area contributed by atoms with Crippen LogP contribution in [0.3, 0.4) is 0 Å². The van der Waals surface area contributed by atoms with E-state index < -0.39 is 0 Å². The Hall–Kier alpha value is -0.120. The van der Waals surface area contributed by atoms with Crippen LogP contribution in [0.15, 0.2) is 0 Å². The number of aliphatic hydroxyl groups excluding tert-OH is 1. The Balaban J connectivity index is 2.00. The van der Waals surface area contributed by atoms with Crippen LogP contribution in [0.25, 0.3) is 0 Å². The molecule has 0 aliphatic heterocycles. The van der Waals surface area contributed by atoms with E-state index in [0.717, 1.165) is 25.0 Å². The van der Waals surface area contributed by atoms with Crippen LogP contribution in [0.5, 0.6) is 0 Å². The monoisotopic (exact) mass is 282 g/mol. The lowest BCUT2D eigenvalue weighted by Gasteiger charge is -2.44. The SMILES string of the molecule is CC1CCCC(CNC(C)C)(CN(CCO)C2CC2)C1. The number of aliphatic hydroxyl groups is 1. The van der Waals surface area contributed by atoms with Crippen LogP contribution >= 0.6 is 0 Å². The third-order valence-corrected chi connectivity index (χ3v) is 5.06. The first-order chi connectivity index (χ1) is 9.54. The zero-order valence-electron chi connectivity index (χ0n) is 13.7. The quantitative estimate of drug-likeness (QED) is 0.718. The van der Waals surface area contributed by atoms with Crippen molar-refractivity contribution in [3.63, 3.8) is 0 Å². The second-order valence-corrected chi connectivity index (χ2v) is 7.66.